The lowest BCUT2D eigenvalue weighted by atomic mass is 10.2. The fourth-order valence-corrected chi connectivity index (χ4v) is 1.52. The minimum Gasteiger partial charge on any atom is -0.248 e. The molecule has 0 N–H and O–H groups in total. The SMILES string of the molecule is C[SH](/N=C/c1ccccc1)C(C)(C)C. The van der Waals surface area contributed by atoms with Crippen molar-refractivity contribution in [2.24, 2.45) is 4.40 Å². The normalized spacial score (nSPS) is 15.9. The van der Waals surface area contributed by atoms with Gasteiger partial charge in [0.05, 0.1) is 0 Å². The Bertz CT molecular complexity index is 298. The summed E-state index contributed by atoms with van der Waals surface area (Å²) in [6.07, 6.45) is 4.20. The molecule has 0 spiro atoms. The molecule has 0 aliphatic heterocycles. The van der Waals surface area contributed by atoms with E-state index in [2.05, 4.69) is 43.6 Å². The van der Waals surface area contributed by atoms with E-state index in [9.17, 15) is 0 Å². The lowest BCUT2D eigenvalue weighted by molar-refractivity contribution is 0.797. The maximum atomic E-state index is 4.61. The van der Waals surface area contributed by atoms with Crippen molar-refractivity contribution >= 4 is 17.3 Å². The molecule has 2 heteroatoms. The minimum atomic E-state index is -0.276. The predicted octanol–water partition coefficient (Wildman–Crippen LogP) is 3.45. The highest BCUT2D eigenvalue weighted by Gasteiger charge is 2.14. The van der Waals surface area contributed by atoms with Crippen LogP contribution in [0.25, 0.3) is 0 Å². The smallest absolute Gasteiger partial charge is 0.0402 e. The van der Waals surface area contributed by atoms with Crippen molar-refractivity contribution in [3.8, 4) is 0 Å². The molecule has 78 valence electrons. The van der Waals surface area contributed by atoms with Crippen molar-refractivity contribution in [1.29, 1.82) is 0 Å². The van der Waals surface area contributed by atoms with E-state index in [1.54, 1.807) is 0 Å². The Hall–Kier alpha value is -0.760. The van der Waals surface area contributed by atoms with Gasteiger partial charge in [0.25, 0.3) is 0 Å². The van der Waals surface area contributed by atoms with Crippen LogP contribution in [0.1, 0.15) is 26.3 Å². The summed E-state index contributed by atoms with van der Waals surface area (Å²) in [7, 11) is 0. The molecule has 0 bridgehead atoms. The molecule has 1 atom stereocenters. The topological polar surface area (TPSA) is 12.4 Å². The van der Waals surface area contributed by atoms with Crippen LogP contribution in [0, 0.1) is 0 Å². The van der Waals surface area contributed by atoms with Crippen molar-refractivity contribution < 1.29 is 0 Å². The number of benzene rings is 1. The number of rotatable bonds is 2. The third-order valence-corrected chi connectivity index (χ3v) is 4.55. The van der Waals surface area contributed by atoms with Gasteiger partial charge in [0.2, 0.25) is 0 Å². The van der Waals surface area contributed by atoms with Crippen molar-refractivity contribution in [3.63, 3.8) is 0 Å². The van der Waals surface area contributed by atoms with Crippen LogP contribution < -0.4 is 0 Å². The third kappa shape index (κ3) is 3.54. The molecule has 0 saturated carbocycles. The van der Waals surface area contributed by atoms with Crippen LogP contribution in [0.4, 0.5) is 0 Å². The molecule has 1 aromatic rings. The Morgan fingerprint density at radius 1 is 1.14 bits per heavy atom. The molecule has 0 aliphatic rings. The largest absolute Gasteiger partial charge is 0.248 e. The van der Waals surface area contributed by atoms with Gasteiger partial charge in [-0.05, 0) is 11.8 Å². The first kappa shape index (κ1) is 11.3. The van der Waals surface area contributed by atoms with Crippen LogP contribution in [0.3, 0.4) is 0 Å². The second-order valence-electron chi connectivity index (χ2n) is 4.35. The van der Waals surface area contributed by atoms with E-state index in [4.69, 9.17) is 0 Å². The minimum absolute atomic E-state index is 0.276. The van der Waals surface area contributed by atoms with Gasteiger partial charge in [-0.1, -0.05) is 51.1 Å². The summed E-state index contributed by atoms with van der Waals surface area (Å²) in [6.45, 7) is 6.71. The lowest BCUT2D eigenvalue weighted by Crippen LogP contribution is -2.12. The molecular formula is C12H19NS. The Kier molecular flexibility index (Phi) is 3.76. The number of hydrogen-bond acceptors (Lipinski definition) is 1. The molecule has 1 aromatic carbocycles. The summed E-state index contributed by atoms with van der Waals surface area (Å²) < 4.78 is 4.91. The van der Waals surface area contributed by atoms with Gasteiger partial charge in [0.1, 0.15) is 0 Å². The van der Waals surface area contributed by atoms with Crippen LogP contribution in [0.15, 0.2) is 34.7 Å². The van der Waals surface area contributed by atoms with Crippen LogP contribution in [-0.4, -0.2) is 17.2 Å². The summed E-state index contributed by atoms with van der Waals surface area (Å²) in [5.41, 5.74) is 1.19. The van der Waals surface area contributed by atoms with Gasteiger partial charge in [-0.2, -0.15) is 11.1 Å². The molecule has 0 aliphatic carbocycles. The average Bonchev–Trinajstić information content (AvgIpc) is 2.14. The molecule has 0 aromatic heterocycles. The van der Waals surface area contributed by atoms with E-state index in [0.717, 1.165) is 0 Å². The Morgan fingerprint density at radius 2 is 1.71 bits per heavy atom. The standard InChI is InChI=1S/C12H19NS/c1-12(2,3)14(4)13-10-11-8-6-5-7-9-11/h5-10,14H,1-4H3/b13-10+. The first-order valence-electron chi connectivity index (χ1n) is 4.83. The van der Waals surface area contributed by atoms with Crippen LogP contribution in [0.2, 0.25) is 0 Å². The maximum absolute atomic E-state index is 4.61. The highest BCUT2D eigenvalue weighted by Crippen LogP contribution is 2.37. The van der Waals surface area contributed by atoms with E-state index < -0.39 is 0 Å². The molecule has 0 saturated heterocycles. The van der Waals surface area contributed by atoms with Gasteiger partial charge in [-0.25, -0.2) is 4.40 Å². The number of nitrogens with zero attached hydrogens (tertiary/aromatic N) is 1. The van der Waals surface area contributed by atoms with Gasteiger partial charge in [0, 0.05) is 11.0 Å². The molecule has 1 nitrogen and oxygen atoms in total. The molecule has 1 rings (SSSR count). The molecule has 0 fully saturated rings. The van der Waals surface area contributed by atoms with Crippen molar-refractivity contribution in [1.82, 2.24) is 0 Å². The fraction of sp³-hybridized carbons (Fsp3) is 0.417. The van der Waals surface area contributed by atoms with Gasteiger partial charge in [0.15, 0.2) is 0 Å². The van der Waals surface area contributed by atoms with Crippen LogP contribution >= 0.6 is 11.1 Å². The second kappa shape index (κ2) is 4.65. The van der Waals surface area contributed by atoms with Crippen LogP contribution in [0.5, 0.6) is 0 Å². The highest BCUT2D eigenvalue weighted by atomic mass is 32.2. The van der Waals surface area contributed by atoms with E-state index in [1.165, 1.54) is 5.56 Å². The second-order valence-corrected chi connectivity index (χ2v) is 6.97. The lowest BCUT2D eigenvalue weighted by Gasteiger charge is -2.27. The number of thiol groups is 1. The maximum Gasteiger partial charge on any atom is 0.0402 e. The molecule has 14 heavy (non-hydrogen) atoms. The Morgan fingerprint density at radius 3 is 2.21 bits per heavy atom. The van der Waals surface area contributed by atoms with Gasteiger partial charge in [-0.15, -0.1) is 0 Å². The van der Waals surface area contributed by atoms with Gasteiger partial charge >= 0.3 is 0 Å². The number of hydrogen-bond donors (Lipinski definition) is 1. The van der Waals surface area contributed by atoms with Gasteiger partial charge in [-0.3, -0.25) is 0 Å². The Balaban J connectivity index is 2.66. The zero-order valence-electron chi connectivity index (χ0n) is 9.36. The molecular weight excluding hydrogens is 190 g/mol. The average molecular weight is 209 g/mol. The van der Waals surface area contributed by atoms with Crippen molar-refractivity contribution in [2.45, 2.75) is 25.5 Å². The van der Waals surface area contributed by atoms with E-state index in [-0.39, 0.29) is 11.1 Å². The summed E-state index contributed by atoms with van der Waals surface area (Å²) >= 11 is -0.276. The monoisotopic (exact) mass is 209 g/mol. The van der Waals surface area contributed by atoms with E-state index >= 15 is 0 Å². The summed E-state index contributed by atoms with van der Waals surface area (Å²) in [4.78, 5) is 0. The molecule has 0 heterocycles. The molecule has 0 radical (unpaired) electrons. The zero-order chi connectivity index (χ0) is 10.6. The van der Waals surface area contributed by atoms with Crippen molar-refractivity contribution in [3.05, 3.63) is 35.9 Å². The predicted molar refractivity (Wildman–Crippen MR) is 68.7 cm³/mol. The van der Waals surface area contributed by atoms with Crippen molar-refractivity contribution in [2.75, 3.05) is 6.26 Å². The summed E-state index contributed by atoms with van der Waals surface area (Å²) in [5.74, 6) is 0. The van der Waals surface area contributed by atoms with Crippen LogP contribution in [-0.2, 0) is 0 Å². The molecule has 1 unspecified atom stereocenters. The first-order valence-corrected chi connectivity index (χ1v) is 6.57. The van der Waals surface area contributed by atoms with Gasteiger partial charge < -0.3 is 0 Å². The summed E-state index contributed by atoms with van der Waals surface area (Å²) in [5, 5.41) is 0. The van der Waals surface area contributed by atoms with E-state index in [1.807, 2.05) is 24.4 Å². The Labute approximate surface area is 89.7 Å². The fourth-order valence-electron chi connectivity index (χ4n) is 0.866. The highest BCUT2D eigenvalue weighted by molar-refractivity contribution is 8.16. The quantitative estimate of drug-likeness (QED) is 0.566. The summed E-state index contributed by atoms with van der Waals surface area (Å²) in [6, 6.07) is 10.3. The van der Waals surface area contributed by atoms with E-state index in [0.29, 0.717) is 4.75 Å². The molecule has 0 amide bonds. The zero-order valence-corrected chi connectivity index (χ0v) is 10.3. The first-order chi connectivity index (χ1) is 6.50. The third-order valence-electron chi connectivity index (χ3n) is 2.15.